The summed E-state index contributed by atoms with van der Waals surface area (Å²) in [6.07, 6.45) is 0. The van der Waals surface area contributed by atoms with Crippen LogP contribution in [-0.4, -0.2) is 55.6 Å². The van der Waals surface area contributed by atoms with Crippen LogP contribution in [-0.2, 0) is 9.53 Å². The van der Waals surface area contributed by atoms with E-state index in [-0.39, 0.29) is 16.5 Å². The zero-order valence-corrected chi connectivity index (χ0v) is 18.0. The first-order valence-corrected chi connectivity index (χ1v) is 10.3. The fourth-order valence-corrected chi connectivity index (χ4v) is 3.29. The zero-order valence-electron chi connectivity index (χ0n) is 17.3. The summed E-state index contributed by atoms with van der Waals surface area (Å²) in [5.41, 5.74) is 1.17. The predicted molar refractivity (Wildman–Crippen MR) is 115 cm³/mol. The lowest BCUT2D eigenvalue weighted by atomic mass is 10.1. The van der Waals surface area contributed by atoms with Crippen molar-refractivity contribution in [2.75, 3.05) is 38.2 Å². The molecule has 0 radical (unpaired) electrons. The van der Waals surface area contributed by atoms with Gasteiger partial charge in [-0.15, -0.1) is 0 Å². The Morgan fingerprint density at radius 2 is 1.71 bits per heavy atom. The average Bonchev–Trinajstić information content (AvgIpc) is 2.78. The van der Waals surface area contributed by atoms with Crippen LogP contribution in [0.5, 0.6) is 11.5 Å². The molecule has 2 aromatic carbocycles. The quantitative estimate of drug-likeness (QED) is 0.655. The Balaban J connectivity index is 1.55. The lowest BCUT2D eigenvalue weighted by Crippen LogP contribution is -2.30. The molecule has 2 amide bonds. The highest BCUT2D eigenvalue weighted by Gasteiger charge is 2.20. The summed E-state index contributed by atoms with van der Waals surface area (Å²) in [5.74, 6) is -0.566. The normalized spacial score (nSPS) is 12.1. The van der Waals surface area contributed by atoms with Gasteiger partial charge in [-0.1, -0.05) is 11.6 Å². The van der Waals surface area contributed by atoms with Gasteiger partial charge >= 0.3 is 5.97 Å². The monoisotopic (exact) mass is 446 g/mol. The fraction of sp³-hybridized carbons (Fsp3) is 0.318. The van der Waals surface area contributed by atoms with Gasteiger partial charge in [-0.2, -0.15) is 0 Å². The number of hydrogen-bond donors (Lipinski definition) is 1. The van der Waals surface area contributed by atoms with Gasteiger partial charge in [0.1, 0.15) is 13.2 Å². The van der Waals surface area contributed by atoms with Crippen LogP contribution in [0, 0.1) is 0 Å². The molecule has 1 heterocycles. The Bertz CT molecular complexity index is 973. The molecule has 0 spiro atoms. The molecule has 1 aliphatic rings. The Morgan fingerprint density at radius 1 is 1.03 bits per heavy atom. The maximum Gasteiger partial charge on any atom is 0.338 e. The van der Waals surface area contributed by atoms with Crippen molar-refractivity contribution >= 4 is 35.1 Å². The number of carbonyl (C=O) groups is 3. The molecule has 31 heavy (non-hydrogen) atoms. The van der Waals surface area contributed by atoms with Crippen molar-refractivity contribution in [1.29, 1.82) is 0 Å². The van der Waals surface area contributed by atoms with E-state index in [1.54, 1.807) is 29.2 Å². The summed E-state index contributed by atoms with van der Waals surface area (Å²) >= 11 is 6.12. The summed E-state index contributed by atoms with van der Waals surface area (Å²) in [6.45, 7) is 5.31. The minimum atomic E-state index is -0.714. The largest absolute Gasteiger partial charge is 0.486 e. The highest BCUT2D eigenvalue weighted by Crippen LogP contribution is 2.38. The number of anilines is 1. The molecule has 2 aromatic rings. The topological polar surface area (TPSA) is 94.2 Å². The molecule has 0 aliphatic carbocycles. The van der Waals surface area contributed by atoms with E-state index in [2.05, 4.69) is 5.32 Å². The number of halogens is 1. The average molecular weight is 447 g/mol. The third-order valence-corrected chi connectivity index (χ3v) is 4.91. The first-order chi connectivity index (χ1) is 14.9. The minimum absolute atomic E-state index is 0.0742. The molecule has 0 fully saturated rings. The van der Waals surface area contributed by atoms with Crippen LogP contribution in [0.2, 0.25) is 5.02 Å². The molecule has 0 saturated carbocycles. The van der Waals surface area contributed by atoms with E-state index in [4.69, 9.17) is 25.8 Å². The Morgan fingerprint density at radius 3 is 2.39 bits per heavy atom. The van der Waals surface area contributed by atoms with E-state index < -0.39 is 18.5 Å². The van der Waals surface area contributed by atoms with Gasteiger partial charge in [0.15, 0.2) is 18.1 Å². The summed E-state index contributed by atoms with van der Waals surface area (Å²) in [7, 11) is 0. The van der Waals surface area contributed by atoms with E-state index in [0.29, 0.717) is 49.1 Å². The maximum absolute atomic E-state index is 12.3. The second-order valence-corrected chi connectivity index (χ2v) is 7.07. The highest BCUT2D eigenvalue weighted by molar-refractivity contribution is 6.32. The van der Waals surface area contributed by atoms with Gasteiger partial charge in [-0.25, -0.2) is 4.79 Å². The zero-order chi connectivity index (χ0) is 22.4. The molecule has 0 bridgehead atoms. The van der Waals surface area contributed by atoms with Crippen molar-refractivity contribution < 1.29 is 28.6 Å². The van der Waals surface area contributed by atoms with Crippen LogP contribution in [0.25, 0.3) is 0 Å². The molecule has 1 N–H and O–H groups in total. The van der Waals surface area contributed by atoms with E-state index in [1.807, 2.05) is 13.8 Å². The van der Waals surface area contributed by atoms with Crippen molar-refractivity contribution in [3.63, 3.8) is 0 Å². The highest BCUT2D eigenvalue weighted by atomic mass is 35.5. The smallest absolute Gasteiger partial charge is 0.338 e. The molecular weight excluding hydrogens is 424 g/mol. The van der Waals surface area contributed by atoms with Gasteiger partial charge in [0.2, 0.25) is 0 Å². The van der Waals surface area contributed by atoms with Gasteiger partial charge < -0.3 is 24.4 Å². The number of hydrogen-bond acceptors (Lipinski definition) is 6. The second kappa shape index (κ2) is 10.2. The van der Waals surface area contributed by atoms with E-state index in [0.717, 1.165) is 0 Å². The molecule has 0 aromatic heterocycles. The van der Waals surface area contributed by atoms with E-state index in [1.165, 1.54) is 12.1 Å². The van der Waals surface area contributed by atoms with Crippen molar-refractivity contribution in [3.8, 4) is 11.5 Å². The van der Waals surface area contributed by atoms with Gasteiger partial charge in [0.05, 0.1) is 10.6 Å². The van der Waals surface area contributed by atoms with Crippen molar-refractivity contribution in [2.24, 2.45) is 0 Å². The van der Waals surface area contributed by atoms with Crippen LogP contribution in [0.4, 0.5) is 5.69 Å². The van der Waals surface area contributed by atoms with Gasteiger partial charge in [-0.05, 0) is 50.2 Å². The van der Waals surface area contributed by atoms with Crippen LogP contribution in [0.15, 0.2) is 36.4 Å². The Kier molecular flexibility index (Phi) is 7.36. The molecule has 164 valence electrons. The number of nitrogens with zero attached hydrogens (tertiary/aromatic N) is 1. The predicted octanol–water partition coefficient (Wildman–Crippen LogP) is 3.39. The summed E-state index contributed by atoms with van der Waals surface area (Å²) in [4.78, 5) is 38.4. The van der Waals surface area contributed by atoms with Gasteiger partial charge in [0.25, 0.3) is 11.8 Å². The lowest BCUT2D eigenvalue weighted by molar-refractivity contribution is -0.119. The number of amides is 2. The van der Waals surface area contributed by atoms with Crippen molar-refractivity contribution in [3.05, 3.63) is 52.5 Å². The molecule has 3 rings (SSSR count). The molecule has 8 nitrogen and oxygen atoms in total. The first kappa shape index (κ1) is 22.4. The fourth-order valence-electron chi connectivity index (χ4n) is 3.03. The Labute approximate surface area is 185 Å². The molecule has 9 heteroatoms. The maximum atomic E-state index is 12.3. The van der Waals surface area contributed by atoms with Crippen LogP contribution in [0.1, 0.15) is 34.6 Å². The van der Waals surface area contributed by atoms with Gasteiger partial charge in [0, 0.05) is 24.3 Å². The number of benzene rings is 2. The van der Waals surface area contributed by atoms with E-state index in [9.17, 15) is 14.4 Å². The summed E-state index contributed by atoms with van der Waals surface area (Å²) in [5, 5.41) is 2.85. The third-order valence-electron chi connectivity index (χ3n) is 4.63. The number of rotatable bonds is 7. The molecule has 1 aliphatic heterocycles. The summed E-state index contributed by atoms with van der Waals surface area (Å²) in [6, 6.07) is 9.39. The first-order valence-electron chi connectivity index (χ1n) is 9.88. The van der Waals surface area contributed by atoms with Crippen LogP contribution >= 0.6 is 11.6 Å². The lowest BCUT2D eigenvalue weighted by Gasteiger charge is -2.20. The molecular formula is C22H23ClN2O6. The molecule has 0 unspecified atom stereocenters. The van der Waals surface area contributed by atoms with Crippen LogP contribution < -0.4 is 14.8 Å². The Hall–Kier alpha value is -3.26. The molecule has 0 saturated heterocycles. The number of esters is 1. The van der Waals surface area contributed by atoms with Crippen LogP contribution in [0.3, 0.4) is 0 Å². The van der Waals surface area contributed by atoms with E-state index >= 15 is 0 Å². The standard InChI is InChI=1S/C22H23ClN2O6/c1-3-25(4-2)21(27)14-5-7-16(8-6-14)24-19(26)13-31-22(28)15-11-17(23)20-18(12-15)29-9-10-30-20/h5-8,11-12H,3-4,9-10,13H2,1-2H3,(H,24,26). The SMILES string of the molecule is CCN(CC)C(=O)c1ccc(NC(=O)COC(=O)c2cc(Cl)c3c(c2)OCCO3)cc1. The molecule has 0 atom stereocenters. The number of nitrogens with one attached hydrogen (secondary N) is 1. The number of ether oxygens (including phenoxy) is 3. The summed E-state index contributed by atoms with van der Waals surface area (Å²) < 4.78 is 15.9. The number of fused-ring (bicyclic) bond motifs is 1. The third kappa shape index (κ3) is 5.46. The van der Waals surface area contributed by atoms with Crippen molar-refractivity contribution in [2.45, 2.75) is 13.8 Å². The minimum Gasteiger partial charge on any atom is -0.486 e. The number of carbonyl (C=O) groups excluding carboxylic acids is 3. The second-order valence-electron chi connectivity index (χ2n) is 6.66. The van der Waals surface area contributed by atoms with Gasteiger partial charge in [-0.3, -0.25) is 9.59 Å². The van der Waals surface area contributed by atoms with Crippen molar-refractivity contribution in [1.82, 2.24) is 4.90 Å².